The molecule has 0 aliphatic carbocycles. The molecule has 2 atom stereocenters. The summed E-state index contributed by atoms with van der Waals surface area (Å²) < 4.78 is 15.8. The zero-order valence-corrected chi connectivity index (χ0v) is 24.1. The smallest absolute Gasteiger partial charge is 0.234 e. The normalized spacial score (nSPS) is 14.6. The molecular formula is C28H42N8O3. The largest absolute Gasteiger partial charge is 0.476 e. The number of imidazole rings is 1. The summed E-state index contributed by atoms with van der Waals surface area (Å²) in [6.45, 7) is 17.7. The van der Waals surface area contributed by atoms with Crippen LogP contribution in [0.25, 0.3) is 23.0 Å². The summed E-state index contributed by atoms with van der Waals surface area (Å²) in [5.74, 6) is 1.59. The quantitative estimate of drug-likeness (QED) is 0.236. The fourth-order valence-electron chi connectivity index (χ4n) is 4.07. The molecule has 0 aromatic carbocycles. The van der Waals surface area contributed by atoms with Crippen molar-refractivity contribution >= 4 is 17.6 Å². The van der Waals surface area contributed by atoms with E-state index in [2.05, 4.69) is 38.5 Å². The van der Waals surface area contributed by atoms with Gasteiger partial charge in [-0.05, 0) is 47.2 Å². The number of aliphatic imine (C=N–C) groups is 1. The van der Waals surface area contributed by atoms with Crippen molar-refractivity contribution in [1.82, 2.24) is 29.0 Å². The van der Waals surface area contributed by atoms with Crippen molar-refractivity contribution in [3.05, 3.63) is 48.5 Å². The zero-order valence-electron chi connectivity index (χ0n) is 24.1. The number of likely N-dealkylation sites (N-methyl/N-ethyl adjacent to an activating group) is 1. The monoisotopic (exact) mass is 538 g/mol. The van der Waals surface area contributed by atoms with Crippen molar-refractivity contribution in [2.45, 2.75) is 59.9 Å². The fraction of sp³-hybridized carbons (Fsp3) is 0.500. The van der Waals surface area contributed by atoms with E-state index in [0.717, 1.165) is 34.7 Å². The minimum atomic E-state index is -0.556. The van der Waals surface area contributed by atoms with Crippen LogP contribution in [0.1, 0.15) is 47.2 Å². The van der Waals surface area contributed by atoms with Crippen LogP contribution in [0.2, 0.25) is 0 Å². The molecule has 3 aromatic rings. The van der Waals surface area contributed by atoms with Gasteiger partial charge in [0, 0.05) is 43.7 Å². The first-order valence-corrected chi connectivity index (χ1v) is 13.3. The van der Waals surface area contributed by atoms with Crippen LogP contribution in [0.5, 0.6) is 5.88 Å². The highest BCUT2D eigenvalue weighted by molar-refractivity contribution is 6.01. The molecular weight excluding hydrogens is 496 g/mol. The van der Waals surface area contributed by atoms with E-state index in [9.17, 15) is 5.11 Å². The SMILES string of the molecule is C=Cc1cnc2ncc(-c3cnn(C)c3OC(C)CN(CC)CC(=NCC(C)O)/C(C)=C(\N)OC(C)C)cn12. The molecule has 3 aromatic heterocycles. The van der Waals surface area contributed by atoms with Crippen molar-refractivity contribution in [3.63, 3.8) is 0 Å². The standard InChI is InChI=1S/C28H42N8O3/c1-9-23-13-32-28-31-12-22(16-36(23)28)24-14-33-34(8)27(24)39-20(6)15-35(10-2)17-25(30-11-19(5)37)21(7)26(29)38-18(3)4/h9,12-14,16,18-20,37H,1,10-11,15,17,29H2,2-8H3/b26-21+,30-25?. The van der Waals surface area contributed by atoms with Gasteiger partial charge in [-0.25, -0.2) is 14.6 Å². The molecule has 39 heavy (non-hydrogen) atoms. The second-order valence-corrected chi connectivity index (χ2v) is 9.94. The van der Waals surface area contributed by atoms with Crippen LogP contribution in [0, 0.1) is 0 Å². The highest BCUT2D eigenvalue weighted by Gasteiger charge is 2.20. The van der Waals surface area contributed by atoms with Gasteiger partial charge < -0.3 is 20.3 Å². The van der Waals surface area contributed by atoms with Crippen LogP contribution < -0.4 is 10.5 Å². The third kappa shape index (κ3) is 7.67. The van der Waals surface area contributed by atoms with Crippen molar-refractivity contribution in [3.8, 4) is 17.0 Å². The molecule has 3 heterocycles. The Morgan fingerprint density at radius 2 is 1.95 bits per heavy atom. The van der Waals surface area contributed by atoms with Gasteiger partial charge in [0.05, 0.1) is 48.1 Å². The number of ether oxygens (including phenoxy) is 2. The first-order valence-electron chi connectivity index (χ1n) is 13.3. The Bertz CT molecular complexity index is 1320. The van der Waals surface area contributed by atoms with Crippen molar-refractivity contribution < 1.29 is 14.6 Å². The Hall–Kier alpha value is -3.70. The molecule has 3 rings (SSSR count). The Morgan fingerprint density at radius 3 is 2.59 bits per heavy atom. The fourth-order valence-corrected chi connectivity index (χ4v) is 4.07. The molecule has 11 nitrogen and oxygen atoms in total. The van der Waals surface area contributed by atoms with E-state index < -0.39 is 6.10 Å². The number of nitrogens with two attached hydrogens (primary N) is 1. The minimum Gasteiger partial charge on any atom is -0.476 e. The lowest BCUT2D eigenvalue weighted by Gasteiger charge is -2.26. The second kappa shape index (κ2) is 13.4. The third-order valence-corrected chi connectivity index (χ3v) is 6.16. The van der Waals surface area contributed by atoms with E-state index in [0.29, 0.717) is 30.6 Å². The summed E-state index contributed by atoms with van der Waals surface area (Å²) in [5, 5.41) is 14.3. The van der Waals surface area contributed by atoms with E-state index in [1.54, 1.807) is 36.3 Å². The predicted octanol–water partition coefficient (Wildman–Crippen LogP) is 3.30. The molecule has 0 saturated carbocycles. The second-order valence-electron chi connectivity index (χ2n) is 9.94. The summed E-state index contributed by atoms with van der Waals surface area (Å²) in [5.41, 5.74) is 10.3. The van der Waals surface area contributed by atoms with Crippen molar-refractivity contribution in [2.75, 3.05) is 26.2 Å². The first-order chi connectivity index (χ1) is 18.5. The lowest BCUT2D eigenvalue weighted by Crippen LogP contribution is -2.38. The van der Waals surface area contributed by atoms with Crippen LogP contribution >= 0.6 is 0 Å². The van der Waals surface area contributed by atoms with Gasteiger partial charge in [-0.15, -0.1) is 0 Å². The first kappa shape index (κ1) is 29.9. The van der Waals surface area contributed by atoms with Gasteiger partial charge in [0.25, 0.3) is 0 Å². The van der Waals surface area contributed by atoms with Crippen LogP contribution in [-0.2, 0) is 11.8 Å². The van der Waals surface area contributed by atoms with Crippen molar-refractivity contribution in [1.29, 1.82) is 0 Å². The maximum atomic E-state index is 9.83. The number of aliphatic hydroxyl groups is 1. The number of aromatic nitrogens is 5. The molecule has 0 bridgehead atoms. The van der Waals surface area contributed by atoms with Crippen molar-refractivity contribution in [2.24, 2.45) is 17.8 Å². The van der Waals surface area contributed by atoms with Crippen LogP contribution in [0.15, 0.2) is 47.8 Å². The molecule has 0 spiro atoms. The summed E-state index contributed by atoms with van der Waals surface area (Å²) in [4.78, 5) is 15.7. The molecule has 0 aliphatic heterocycles. The predicted molar refractivity (Wildman–Crippen MR) is 155 cm³/mol. The summed E-state index contributed by atoms with van der Waals surface area (Å²) in [6, 6.07) is 0. The molecule has 2 unspecified atom stereocenters. The number of nitrogens with zero attached hydrogens (tertiary/aromatic N) is 7. The van der Waals surface area contributed by atoms with Gasteiger partial charge in [-0.2, -0.15) is 5.10 Å². The average Bonchev–Trinajstić information content (AvgIpc) is 3.47. The summed E-state index contributed by atoms with van der Waals surface area (Å²) >= 11 is 0. The van der Waals surface area contributed by atoms with Gasteiger partial charge in [0.2, 0.25) is 11.7 Å². The minimum absolute atomic E-state index is 0.0465. The number of hydrogen-bond acceptors (Lipinski definition) is 9. The van der Waals surface area contributed by atoms with Gasteiger partial charge in [-0.3, -0.25) is 14.3 Å². The van der Waals surface area contributed by atoms with Crippen LogP contribution in [0.3, 0.4) is 0 Å². The van der Waals surface area contributed by atoms with Gasteiger partial charge >= 0.3 is 0 Å². The topological polar surface area (TPSA) is 128 Å². The molecule has 0 saturated heterocycles. The number of hydrogen-bond donors (Lipinski definition) is 2. The molecule has 0 radical (unpaired) electrons. The lowest BCUT2D eigenvalue weighted by atomic mass is 10.1. The third-order valence-electron chi connectivity index (χ3n) is 6.16. The Kier molecular flexibility index (Phi) is 10.2. The Balaban J connectivity index is 1.79. The molecule has 11 heteroatoms. The maximum Gasteiger partial charge on any atom is 0.234 e. The molecule has 212 valence electrons. The maximum absolute atomic E-state index is 9.83. The molecule has 0 aliphatic rings. The molecule has 0 amide bonds. The average molecular weight is 539 g/mol. The molecule has 3 N–H and O–H groups in total. The van der Waals surface area contributed by atoms with Crippen LogP contribution in [0.4, 0.5) is 0 Å². The Morgan fingerprint density at radius 1 is 1.23 bits per heavy atom. The highest BCUT2D eigenvalue weighted by atomic mass is 16.5. The number of fused-ring (bicyclic) bond motifs is 1. The van der Waals surface area contributed by atoms with Gasteiger partial charge in [-0.1, -0.05) is 13.5 Å². The summed E-state index contributed by atoms with van der Waals surface area (Å²) in [7, 11) is 1.86. The number of aliphatic hydroxyl groups excluding tert-OH is 1. The number of aryl methyl sites for hydroxylation is 1. The van der Waals surface area contributed by atoms with E-state index in [4.69, 9.17) is 15.2 Å². The van der Waals surface area contributed by atoms with Crippen LogP contribution in [-0.4, -0.2) is 84.4 Å². The highest BCUT2D eigenvalue weighted by Crippen LogP contribution is 2.30. The van der Waals surface area contributed by atoms with E-state index in [1.807, 2.05) is 45.3 Å². The van der Waals surface area contributed by atoms with E-state index in [-0.39, 0.29) is 18.8 Å². The Labute approximate surface area is 230 Å². The number of rotatable bonds is 14. The lowest BCUT2D eigenvalue weighted by molar-refractivity contribution is 0.142. The van der Waals surface area contributed by atoms with E-state index >= 15 is 0 Å². The van der Waals surface area contributed by atoms with E-state index in [1.165, 1.54) is 0 Å². The van der Waals surface area contributed by atoms with Gasteiger partial charge in [0.1, 0.15) is 6.10 Å². The molecule has 0 fully saturated rings. The zero-order chi connectivity index (χ0) is 28.7. The van der Waals surface area contributed by atoms with Gasteiger partial charge in [0.15, 0.2) is 5.88 Å². The summed E-state index contributed by atoms with van der Waals surface area (Å²) in [6.07, 6.45) is 8.22.